The van der Waals surface area contributed by atoms with Crippen LogP contribution in [0, 0.1) is 0 Å². The van der Waals surface area contributed by atoms with Crippen molar-refractivity contribution in [1.29, 1.82) is 0 Å². The van der Waals surface area contributed by atoms with Gasteiger partial charge < -0.3 is 25.0 Å². The first-order chi connectivity index (χ1) is 12.2. The van der Waals surface area contributed by atoms with Gasteiger partial charge in [0.15, 0.2) is 17.5 Å². The number of halogens is 1. The molecule has 0 fully saturated rings. The zero-order chi connectivity index (χ0) is 18.5. The van der Waals surface area contributed by atoms with E-state index in [2.05, 4.69) is 41.3 Å². The van der Waals surface area contributed by atoms with Gasteiger partial charge in [0.25, 0.3) is 0 Å². The van der Waals surface area contributed by atoms with E-state index in [1.54, 1.807) is 14.2 Å². The zero-order valence-corrected chi connectivity index (χ0v) is 19.1. The monoisotopic (exact) mass is 478 g/mol. The van der Waals surface area contributed by atoms with Gasteiger partial charge in [-0.2, -0.15) is 0 Å². The number of hydrogen-bond donors (Lipinski definition) is 2. The highest BCUT2D eigenvalue weighted by Gasteiger charge is 2.05. The molecule has 0 saturated carbocycles. The number of nitrogens with one attached hydrogen (secondary N) is 2. The standard InChI is InChI=1S/C19H34N4O2.HI/c1-6-20-19(21-12-9-13-23(7-2)8-3)22-15-16-10-11-17(24-4)18(14-16)25-5;/h10-11,14H,6-9,12-13,15H2,1-5H3,(H2,20,21,22);1H. The second kappa shape index (κ2) is 14.9. The summed E-state index contributed by atoms with van der Waals surface area (Å²) in [7, 11) is 3.29. The SMILES string of the molecule is CCNC(=NCc1ccc(OC)c(OC)c1)NCCCN(CC)CC.I. The van der Waals surface area contributed by atoms with E-state index in [0.29, 0.717) is 6.54 Å². The van der Waals surface area contributed by atoms with E-state index in [1.807, 2.05) is 18.2 Å². The number of ether oxygens (including phenoxy) is 2. The van der Waals surface area contributed by atoms with Crippen LogP contribution < -0.4 is 20.1 Å². The van der Waals surface area contributed by atoms with Gasteiger partial charge in [0.05, 0.1) is 20.8 Å². The third-order valence-corrected chi connectivity index (χ3v) is 4.05. The average Bonchev–Trinajstić information content (AvgIpc) is 2.65. The van der Waals surface area contributed by atoms with Crippen molar-refractivity contribution in [3.8, 4) is 11.5 Å². The number of benzene rings is 1. The molecule has 7 heteroatoms. The molecule has 6 nitrogen and oxygen atoms in total. The van der Waals surface area contributed by atoms with Crippen LogP contribution in [0.4, 0.5) is 0 Å². The molecule has 0 radical (unpaired) electrons. The van der Waals surface area contributed by atoms with Crippen molar-refractivity contribution in [2.24, 2.45) is 4.99 Å². The minimum atomic E-state index is 0. The van der Waals surface area contributed by atoms with E-state index in [9.17, 15) is 0 Å². The summed E-state index contributed by atoms with van der Waals surface area (Å²) in [6.45, 7) is 12.1. The molecule has 26 heavy (non-hydrogen) atoms. The Labute approximate surface area is 175 Å². The number of rotatable bonds is 11. The Bertz CT molecular complexity index is 522. The molecule has 0 aliphatic rings. The van der Waals surface area contributed by atoms with Crippen LogP contribution >= 0.6 is 24.0 Å². The Morgan fingerprint density at radius 2 is 1.73 bits per heavy atom. The lowest BCUT2D eigenvalue weighted by atomic mass is 10.2. The van der Waals surface area contributed by atoms with Crippen molar-refractivity contribution < 1.29 is 9.47 Å². The highest BCUT2D eigenvalue weighted by molar-refractivity contribution is 14.0. The minimum absolute atomic E-state index is 0. The Kier molecular flexibility index (Phi) is 14.2. The Morgan fingerprint density at radius 1 is 1.04 bits per heavy atom. The predicted octanol–water partition coefficient (Wildman–Crippen LogP) is 3.11. The van der Waals surface area contributed by atoms with Gasteiger partial charge >= 0.3 is 0 Å². The summed E-state index contributed by atoms with van der Waals surface area (Å²) in [5.41, 5.74) is 1.08. The summed E-state index contributed by atoms with van der Waals surface area (Å²) in [6, 6.07) is 5.88. The molecule has 0 aliphatic carbocycles. The molecule has 0 unspecified atom stereocenters. The van der Waals surface area contributed by atoms with Crippen molar-refractivity contribution in [2.45, 2.75) is 33.7 Å². The first-order valence-corrected chi connectivity index (χ1v) is 9.13. The van der Waals surface area contributed by atoms with Gasteiger partial charge in [0.1, 0.15) is 0 Å². The maximum Gasteiger partial charge on any atom is 0.191 e. The van der Waals surface area contributed by atoms with Gasteiger partial charge in [-0.05, 0) is 50.7 Å². The van der Waals surface area contributed by atoms with Crippen molar-refractivity contribution in [2.75, 3.05) is 46.9 Å². The maximum absolute atomic E-state index is 5.34. The quantitative estimate of drug-likeness (QED) is 0.222. The number of nitrogens with zero attached hydrogens (tertiary/aromatic N) is 2. The summed E-state index contributed by atoms with van der Waals surface area (Å²) < 4.78 is 10.6. The number of guanidine groups is 1. The van der Waals surface area contributed by atoms with Crippen LogP contribution in [0.15, 0.2) is 23.2 Å². The molecule has 0 amide bonds. The highest BCUT2D eigenvalue weighted by atomic mass is 127. The molecule has 0 saturated heterocycles. The average molecular weight is 478 g/mol. The van der Waals surface area contributed by atoms with E-state index >= 15 is 0 Å². The van der Waals surface area contributed by atoms with Crippen molar-refractivity contribution in [3.63, 3.8) is 0 Å². The van der Waals surface area contributed by atoms with Crippen LogP contribution in [0.3, 0.4) is 0 Å². The fourth-order valence-electron chi connectivity index (χ4n) is 2.54. The Morgan fingerprint density at radius 3 is 2.31 bits per heavy atom. The molecular weight excluding hydrogens is 443 g/mol. The molecule has 0 aliphatic heterocycles. The first-order valence-electron chi connectivity index (χ1n) is 9.13. The Hall–Kier alpha value is -1.22. The molecule has 0 spiro atoms. The van der Waals surface area contributed by atoms with Crippen LogP contribution in [-0.4, -0.2) is 57.8 Å². The van der Waals surface area contributed by atoms with Gasteiger partial charge in [0.2, 0.25) is 0 Å². The van der Waals surface area contributed by atoms with E-state index in [0.717, 1.165) is 62.2 Å². The lowest BCUT2D eigenvalue weighted by Crippen LogP contribution is -2.38. The molecule has 1 aromatic carbocycles. The number of methoxy groups -OCH3 is 2. The summed E-state index contributed by atoms with van der Waals surface area (Å²) in [5, 5.41) is 6.69. The summed E-state index contributed by atoms with van der Waals surface area (Å²) in [4.78, 5) is 7.08. The molecule has 0 atom stereocenters. The molecule has 0 bridgehead atoms. The lowest BCUT2D eigenvalue weighted by Gasteiger charge is -2.18. The lowest BCUT2D eigenvalue weighted by molar-refractivity contribution is 0.300. The summed E-state index contributed by atoms with van der Waals surface area (Å²) in [6.07, 6.45) is 1.10. The fourth-order valence-corrected chi connectivity index (χ4v) is 2.54. The smallest absolute Gasteiger partial charge is 0.191 e. The van der Waals surface area contributed by atoms with Crippen LogP contribution in [0.1, 0.15) is 32.8 Å². The largest absolute Gasteiger partial charge is 0.493 e. The second-order valence-electron chi connectivity index (χ2n) is 5.69. The van der Waals surface area contributed by atoms with Crippen LogP contribution in [-0.2, 0) is 6.54 Å². The molecule has 1 aromatic rings. The van der Waals surface area contributed by atoms with Crippen molar-refractivity contribution in [1.82, 2.24) is 15.5 Å². The normalized spacial score (nSPS) is 11.1. The van der Waals surface area contributed by atoms with Crippen molar-refractivity contribution in [3.05, 3.63) is 23.8 Å². The molecule has 150 valence electrons. The molecule has 0 aromatic heterocycles. The van der Waals surface area contributed by atoms with Crippen LogP contribution in [0.2, 0.25) is 0 Å². The van der Waals surface area contributed by atoms with Gasteiger partial charge in [-0.3, -0.25) is 0 Å². The number of hydrogen-bond acceptors (Lipinski definition) is 4. The Balaban J connectivity index is 0.00000625. The zero-order valence-electron chi connectivity index (χ0n) is 16.8. The third kappa shape index (κ3) is 8.93. The van der Waals surface area contributed by atoms with E-state index in [4.69, 9.17) is 9.47 Å². The number of aliphatic imine (C=N–C) groups is 1. The maximum atomic E-state index is 5.34. The van der Waals surface area contributed by atoms with Gasteiger partial charge in [-0.15, -0.1) is 24.0 Å². The molecule has 2 N–H and O–H groups in total. The summed E-state index contributed by atoms with van der Waals surface area (Å²) >= 11 is 0. The summed E-state index contributed by atoms with van der Waals surface area (Å²) in [5.74, 6) is 2.31. The predicted molar refractivity (Wildman–Crippen MR) is 120 cm³/mol. The second-order valence-corrected chi connectivity index (χ2v) is 5.69. The minimum Gasteiger partial charge on any atom is -0.493 e. The van der Waals surface area contributed by atoms with Gasteiger partial charge in [-0.1, -0.05) is 19.9 Å². The topological polar surface area (TPSA) is 58.1 Å². The van der Waals surface area contributed by atoms with Crippen LogP contribution in [0.5, 0.6) is 11.5 Å². The molecule has 0 heterocycles. The van der Waals surface area contributed by atoms with E-state index in [1.165, 1.54) is 0 Å². The van der Waals surface area contributed by atoms with E-state index < -0.39 is 0 Å². The molecule has 1 rings (SSSR count). The van der Waals surface area contributed by atoms with Crippen molar-refractivity contribution >= 4 is 29.9 Å². The highest BCUT2D eigenvalue weighted by Crippen LogP contribution is 2.27. The van der Waals surface area contributed by atoms with Gasteiger partial charge in [-0.25, -0.2) is 4.99 Å². The van der Waals surface area contributed by atoms with E-state index in [-0.39, 0.29) is 24.0 Å². The fraction of sp³-hybridized carbons (Fsp3) is 0.632. The molecular formula is C19H35IN4O2. The van der Waals surface area contributed by atoms with Gasteiger partial charge in [0, 0.05) is 13.1 Å². The third-order valence-electron chi connectivity index (χ3n) is 4.05. The van der Waals surface area contributed by atoms with Crippen LogP contribution in [0.25, 0.3) is 0 Å². The first kappa shape index (κ1) is 24.8.